The number of rotatable bonds is 8. The fourth-order valence-corrected chi connectivity index (χ4v) is 7.30. The molecule has 1 N–H and O–H groups in total. The first kappa shape index (κ1) is 29.1. The third-order valence-corrected chi connectivity index (χ3v) is 8.87. The van der Waals surface area contributed by atoms with Gasteiger partial charge in [0.2, 0.25) is 5.88 Å². The highest BCUT2D eigenvalue weighted by Crippen LogP contribution is 2.37. The van der Waals surface area contributed by atoms with Crippen LogP contribution >= 0.6 is 23.2 Å². The van der Waals surface area contributed by atoms with Crippen molar-refractivity contribution in [3.63, 3.8) is 0 Å². The van der Waals surface area contributed by atoms with Gasteiger partial charge in [-0.2, -0.15) is 0 Å². The normalized spacial score (nSPS) is 16.6. The zero-order valence-corrected chi connectivity index (χ0v) is 24.8. The van der Waals surface area contributed by atoms with Gasteiger partial charge < -0.3 is 14.6 Å². The predicted octanol–water partition coefficient (Wildman–Crippen LogP) is 5.59. The summed E-state index contributed by atoms with van der Waals surface area (Å²) in [6.45, 7) is 6.17. The molecule has 216 valence electrons. The number of fused-ring (bicyclic) bond motifs is 1. The van der Waals surface area contributed by atoms with Gasteiger partial charge in [0.25, 0.3) is 10.0 Å². The Morgan fingerprint density at radius 2 is 1.83 bits per heavy atom. The first-order valence-corrected chi connectivity index (χ1v) is 15.0. The zero-order chi connectivity index (χ0) is 29.5. The van der Waals surface area contributed by atoms with E-state index >= 15 is 0 Å². The number of anilines is 1. The van der Waals surface area contributed by atoms with Crippen LogP contribution in [-0.2, 0) is 19.6 Å². The maximum absolute atomic E-state index is 14.1. The minimum absolute atomic E-state index is 0.0501. The Hall–Kier alpha value is -3.38. The highest BCUT2D eigenvalue weighted by atomic mass is 35.5. The van der Waals surface area contributed by atoms with Gasteiger partial charge in [0.15, 0.2) is 5.82 Å². The molecule has 10 nitrogen and oxygen atoms in total. The van der Waals surface area contributed by atoms with E-state index in [4.69, 9.17) is 32.7 Å². The lowest BCUT2D eigenvalue weighted by molar-refractivity contribution is -0.140. The minimum Gasteiger partial charge on any atom is -0.480 e. The van der Waals surface area contributed by atoms with Crippen molar-refractivity contribution < 1.29 is 27.8 Å². The number of carboxylic acids is 1. The fraction of sp³-hybridized carbons (Fsp3) is 0.321. The van der Waals surface area contributed by atoms with Crippen molar-refractivity contribution in [1.29, 1.82) is 0 Å². The van der Waals surface area contributed by atoms with Crippen molar-refractivity contribution in [2.45, 2.75) is 44.2 Å². The monoisotopic (exact) mass is 618 g/mol. The molecular weight excluding hydrogens is 591 g/mol. The molecule has 1 fully saturated rings. The highest BCUT2D eigenvalue weighted by molar-refractivity contribution is 7.93. The van der Waals surface area contributed by atoms with Gasteiger partial charge in [-0.15, -0.1) is 10.2 Å². The van der Waals surface area contributed by atoms with Crippen LogP contribution in [0.15, 0.2) is 65.7 Å². The SMILES string of the molecule is CC(C)(C)C(C(=O)O)N(c1ccc2c(ccn2-c2ccc(O[C@H]3CCOC3)nn2)c1)S(=O)(=O)c1cc(Cl)cc(Cl)c1. The number of aromatic nitrogens is 3. The third-order valence-electron chi connectivity index (χ3n) is 6.66. The first-order valence-electron chi connectivity index (χ1n) is 12.8. The van der Waals surface area contributed by atoms with Crippen molar-refractivity contribution >= 4 is 55.8 Å². The smallest absolute Gasteiger partial charge is 0.328 e. The summed E-state index contributed by atoms with van der Waals surface area (Å²) in [7, 11) is -4.42. The third kappa shape index (κ3) is 5.99. The molecule has 4 aromatic rings. The summed E-state index contributed by atoms with van der Waals surface area (Å²) in [5.41, 5.74) is -0.0967. The summed E-state index contributed by atoms with van der Waals surface area (Å²) >= 11 is 12.2. The first-order chi connectivity index (χ1) is 19.3. The molecule has 0 saturated carbocycles. The van der Waals surface area contributed by atoms with Gasteiger partial charge in [-0.25, -0.2) is 13.2 Å². The van der Waals surface area contributed by atoms with E-state index in [9.17, 15) is 18.3 Å². The molecule has 41 heavy (non-hydrogen) atoms. The topological polar surface area (TPSA) is 124 Å². The zero-order valence-electron chi connectivity index (χ0n) is 22.5. The summed E-state index contributed by atoms with van der Waals surface area (Å²) in [5.74, 6) is -0.376. The second-order valence-electron chi connectivity index (χ2n) is 10.8. The van der Waals surface area contributed by atoms with Gasteiger partial charge >= 0.3 is 5.97 Å². The molecule has 5 rings (SSSR count). The summed E-state index contributed by atoms with van der Waals surface area (Å²) in [6.07, 6.45) is 2.52. The lowest BCUT2D eigenvalue weighted by atomic mass is 9.86. The second kappa shape index (κ2) is 11.1. The molecule has 2 aromatic carbocycles. The molecule has 0 spiro atoms. The lowest BCUT2D eigenvalue weighted by Crippen LogP contribution is -2.52. The number of carbonyl (C=O) groups is 1. The lowest BCUT2D eigenvalue weighted by Gasteiger charge is -2.37. The number of hydrogen-bond donors (Lipinski definition) is 1. The van der Waals surface area contributed by atoms with E-state index in [-0.39, 0.29) is 26.7 Å². The Morgan fingerprint density at radius 1 is 1.10 bits per heavy atom. The van der Waals surface area contributed by atoms with Gasteiger partial charge in [0.1, 0.15) is 12.1 Å². The summed E-state index contributed by atoms with van der Waals surface area (Å²) in [6, 6.07) is 12.6. The van der Waals surface area contributed by atoms with E-state index in [1.807, 2.05) is 0 Å². The van der Waals surface area contributed by atoms with Crippen molar-refractivity contribution in [3.05, 3.63) is 70.8 Å². The van der Waals surface area contributed by atoms with Crippen LogP contribution in [-0.4, -0.2) is 59.6 Å². The van der Waals surface area contributed by atoms with Gasteiger partial charge in [0, 0.05) is 34.1 Å². The van der Waals surface area contributed by atoms with E-state index in [0.717, 1.165) is 10.7 Å². The molecule has 0 aliphatic carbocycles. The minimum atomic E-state index is -4.42. The van der Waals surface area contributed by atoms with Crippen molar-refractivity contribution in [1.82, 2.24) is 14.8 Å². The fourth-order valence-electron chi connectivity index (χ4n) is 4.79. The van der Waals surface area contributed by atoms with Crippen LogP contribution in [0.25, 0.3) is 16.7 Å². The van der Waals surface area contributed by atoms with Crippen LogP contribution in [0.1, 0.15) is 27.2 Å². The average Bonchev–Trinajstić information content (AvgIpc) is 3.55. The number of nitrogens with zero attached hydrogens (tertiary/aromatic N) is 4. The van der Waals surface area contributed by atoms with Crippen molar-refractivity contribution in [2.75, 3.05) is 17.5 Å². The Bertz CT molecular complexity index is 1680. The Balaban J connectivity index is 1.56. The highest BCUT2D eigenvalue weighted by Gasteiger charge is 2.43. The standard InChI is InChI=1S/C28H28Cl2N4O6S/c1-28(2,3)26(27(35)36)34(41(37,38)22-14-18(29)13-19(30)15-22)20-4-5-23-17(12-20)8-10-33(23)24-6-7-25(32-31-24)40-21-9-11-39-16-21/h4-8,10,12-15,21,26H,9,11,16H2,1-3H3,(H,35,36)/t21-,26?/m0/s1. The molecule has 2 aromatic heterocycles. The number of halogens is 2. The number of sulfonamides is 1. The van der Waals surface area contributed by atoms with Crippen molar-refractivity contribution in [2.24, 2.45) is 5.41 Å². The number of ether oxygens (including phenoxy) is 2. The molecule has 1 aliphatic rings. The molecule has 1 saturated heterocycles. The number of benzene rings is 2. The number of hydrogen-bond acceptors (Lipinski definition) is 7. The van der Waals surface area contributed by atoms with Crippen LogP contribution in [0.5, 0.6) is 5.88 Å². The van der Waals surface area contributed by atoms with Gasteiger partial charge in [0.05, 0.1) is 29.3 Å². The van der Waals surface area contributed by atoms with E-state index in [1.54, 1.807) is 67.9 Å². The molecule has 13 heteroatoms. The maximum Gasteiger partial charge on any atom is 0.328 e. The predicted molar refractivity (Wildman–Crippen MR) is 156 cm³/mol. The van der Waals surface area contributed by atoms with E-state index in [0.29, 0.717) is 35.8 Å². The molecule has 0 amide bonds. The quantitative estimate of drug-likeness (QED) is 0.271. The molecule has 1 aliphatic heterocycles. The van der Waals surface area contributed by atoms with Gasteiger partial charge in [-0.05, 0) is 53.9 Å². The van der Waals surface area contributed by atoms with E-state index < -0.39 is 27.4 Å². The number of aliphatic carboxylic acids is 1. The van der Waals surface area contributed by atoms with Gasteiger partial charge in [-0.1, -0.05) is 44.0 Å². The van der Waals surface area contributed by atoms with E-state index in [2.05, 4.69) is 10.2 Å². The summed E-state index contributed by atoms with van der Waals surface area (Å²) in [4.78, 5) is 12.3. The average molecular weight is 620 g/mol. The summed E-state index contributed by atoms with van der Waals surface area (Å²) < 4.78 is 41.9. The van der Waals surface area contributed by atoms with E-state index in [1.165, 1.54) is 18.2 Å². The molecule has 0 bridgehead atoms. The van der Waals surface area contributed by atoms with Crippen LogP contribution in [0.3, 0.4) is 0 Å². The summed E-state index contributed by atoms with van der Waals surface area (Å²) in [5, 5.41) is 19.6. The van der Waals surface area contributed by atoms with Crippen LogP contribution < -0.4 is 9.04 Å². The maximum atomic E-state index is 14.1. The molecule has 0 radical (unpaired) electrons. The van der Waals surface area contributed by atoms with Crippen LogP contribution in [0.4, 0.5) is 5.69 Å². The van der Waals surface area contributed by atoms with Crippen LogP contribution in [0.2, 0.25) is 10.0 Å². The Kier molecular flexibility index (Phi) is 7.90. The second-order valence-corrected chi connectivity index (χ2v) is 13.5. The molecular formula is C28H28Cl2N4O6S. The van der Waals surface area contributed by atoms with Crippen molar-refractivity contribution in [3.8, 4) is 11.7 Å². The largest absolute Gasteiger partial charge is 0.480 e. The molecule has 2 atom stereocenters. The molecule has 3 heterocycles. The van der Waals surface area contributed by atoms with Crippen LogP contribution in [0, 0.1) is 5.41 Å². The van der Waals surface area contributed by atoms with Gasteiger partial charge in [-0.3, -0.25) is 8.87 Å². The molecule has 1 unspecified atom stereocenters. The number of carboxylic acid groups (broad SMARTS) is 1. The Morgan fingerprint density at radius 3 is 2.41 bits per heavy atom. The Labute approximate surface area is 247 Å².